The molecule has 126 valence electrons. The number of ether oxygens (including phenoxy) is 1. The molecule has 2 aromatic heterocycles. The summed E-state index contributed by atoms with van der Waals surface area (Å²) in [5, 5.41) is 13.1. The van der Waals surface area contributed by atoms with E-state index in [1.165, 1.54) is 10.4 Å². The average Bonchev–Trinajstić information content (AvgIpc) is 3.26. The van der Waals surface area contributed by atoms with Crippen molar-refractivity contribution in [1.29, 1.82) is 0 Å². The molecule has 1 aliphatic heterocycles. The Morgan fingerprint density at radius 1 is 1.43 bits per heavy atom. The second-order valence-corrected chi connectivity index (χ2v) is 7.25. The maximum atomic E-state index is 5.49. The molecule has 0 unspecified atom stereocenters. The zero-order valence-electron chi connectivity index (χ0n) is 14.0. The summed E-state index contributed by atoms with van der Waals surface area (Å²) in [4.78, 5) is 3.80. The van der Waals surface area contributed by atoms with Crippen molar-refractivity contribution in [3.05, 3.63) is 29.3 Å². The van der Waals surface area contributed by atoms with E-state index in [1.807, 2.05) is 6.20 Å². The lowest BCUT2D eigenvalue weighted by Crippen LogP contribution is -2.56. The van der Waals surface area contributed by atoms with E-state index in [0.29, 0.717) is 0 Å². The van der Waals surface area contributed by atoms with E-state index in [1.54, 1.807) is 11.3 Å². The van der Waals surface area contributed by atoms with Gasteiger partial charge in [-0.2, -0.15) is 5.10 Å². The zero-order valence-corrected chi connectivity index (χ0v) is 14.8. The van der Waals surface area contributed by atoms with Crippen molar-refractivity contribution in [2.24, 2.45) is 0 Å². The van der Waals surface area contributed by atoms with Crippen LogP contribution in [0.4, 0.5) is 0 Å². The topological polar surface area (TPSA) is 53.2 Å². The standard InChI is InChI=1S/C17H26N4OS/c1-3-17(2,21-6-8-22-9-7-21)13-18-11-14-12-19-20-16(14)15-5-4-10-23-15/h4-5,10,12,18H,3,6-9,11,13H2,1-2H3,(H,19,20)/t17-/m0/s1. The van der Waals surface area contributed by atoms with Gasteiger partial charge in [-0.3, -0.25) is 10.00 Å². The van der Waals surface area contributed by atoms with Gasteiger partial charge in [0.15, 0.2) is 0 Å². The molecule has 1 atom stereocenters. The van der Waals surface area contributed by atoms with Gasteiger partial charge in [-0.15, -0.1) is 11.3 Å². The summed E-state index contributed by atoms with van der Waals surface area (Å²) in [6.45, 7) is 10.2. The Balaban J connectivity index is 1.59. The summed E-state index contributed by atoms with van der Waals surface area (Å²) in [5.74, 6) is 0. The summed E-state index contributed by atoms with van der Waals surface area (Å²) >= 11 is 1.74. The third-order valence-corrected chi connectivity index (χ3v) is 5.73. The van der Waals surface area contributed by atoms with Crippen molar-refractivity contribution in [3.63, 3.8) is 0 Å². The molecule has 1 fully saturated rings. The number of rotatable bonds is 7. The van der Waals surface area contributed by atoms with E-state index in [2.05, 4.69) is 51.8 Å². The fourth-order valence-electron chi connectivity index (χ4n) is 3.11. The highest BCUT2D eigenvalue weighted by Gasteiger charge is 2.30. The number of hydrogen-bond donors (Lipinski definition) is 2. The highest BCUT2D eigenvalue weighted by Crippen LogP contribution is 2.26. The number of thiophene rings is 1. The maximum absolute atomic E-state index is 5.49. The number of nitrogens with zero attached hydrogens (tertiary/aromatic N) is 2. The van der Waals surface area contributed by atoms with Crippen molar-refractivity contribution >= 4 is 11.3 Å². The van der Waals surface area contributed by atoms with Gasteiger partial charge in [0.25, 0.3) is 0 Å². The third-order valence-electron chi connectivity index (χ3n) is 4.84. The van der Waals surface area contributed by atoms with Crippen LogP contribution in [-0.2, 0) is 11.3 Å². The van der Waals surface area contributed by atoms with Crippen molar-refractivity contribution in [3.8, 4) is 10.6 Å². The predicted octanol–water partition coefficient (Wildman–Crippen LogP) is 2.73. The van der Waals surface area contributed by atoms with Crippen LogP contribution in [0.1, 0.15) is 25.8 Å². The van der Waals surface area contributed by atoms with Gasteiger partial charge in [0, 0.05) is 37.3 Å². The second kappa shape index (κ2) is 7.57. The summed E-state index contributed by atoms with van der Waals surface area (Å²) < 4.78 is 5.49. The number of H-pyrrole nitrogens is 1. The minimum atomic E-state index is 0.177. The number of nitrogens with one attached hydrogen (secondary N) is 2. The number of aromatic amines is 1. The monoisotopic (exact) mass is 334 g/mol. The molecular formula is C17H26N4OS. The molecule has 0 saturated carbocycles. The average molecular weight is 334 g/mol. The Bertz CT molecular complexity index is 592. The normalized spacial score (nSPS) is 18.9. The largest absolute Gasteiger partial charge is 0.379 e. The molecular weight excluding hydrogens is 308 g/mol. The lowest BCUT2D eigenvalue weighted by atomic mass is 9.95. The lowest BCUT2D eigenvalue weighted by Gasteiger charge is -2.43. The molecule has 0 aromatic carbocycles. The van der Waals surface area contributed by atoms with Crippen LogP contribution in [0.5, 0.6) is 0 Å². The molecule has 5 nitrogen and oxygen atoms in total. The minimum absolute atomic E-state index is 0.177. The molecule has 6 heteroatoms. The van der Waals surface area contributed by atoms with Gasteiger partial charge in [0.2, 0.25) is 0 Å². The third kappa shape index (κ3) is 3.83. The van der Waals surface area contributed by atoms with Gasteiger partial charge in [0.1, 0.15) is 0 Å². The van der Waals surface area contributed by atoms with E-state index in [4.69, 9.17) is 4.74 Å². The van der Waals surface area contributed by atoms with Gasteiger partial charge in [-0.1, -0.05) is 13.0 Å². The molecule has 0 bridgehead atoms. The van der Waals surface area contributed by atoms with Crippen LogP contribution in [0.25, 0.3) is 10.6 Å². The number of hydrogen-bond acceptors (Lipinski definition) is 5. The van der Waals surface area contributed by atoms with E-state index < -0.39 is 0 Å². The molecule has 0 amide bonds. The fourth-order valence-corrected chi connectivity index (χ4v) is 3.86. The quantitative estimate of drug-likeness (QED) is 0.817. The minimum Gasteiger partial charge on any atom is -0.379 e. The number of aromatic nitrogens is 2. The molecule has 0 spiro atoms. The molecule has 1 saturated heterocycles. The van der Waals surface area contributed by atoms with Crippen molar-refractivity contribution in [2.75, 3.05) is 32.8 Å². The van der Waals surface area contributed by atoms with E-state index in [-0.39, 0.29) is 5.54 Å². The Hall–Kier alpha value is -1.21. The van der Waals surface area contributed by atoms with Crippen LogP contribution in [0.3, 0.4) is 0 Å². The van der Waals surface area contributed by atoms with Crippen LogP contribution in [0, 0.1) is 0 Å². The van der Waals surface area contributed by atoms with Crippen molar-refractivity contribution < 1.29 is 4.74 Å². The van der Waals surface area contributed by atoms with Crippen LogP contribution in [0.2, 0.25) is 0 Å². The molecule has 3 rings (SSSR count). The SMILES string of the molecule is CC[C@@](C)(CNCc1cn[nH]c1-c1cccs1)N1CCOCC1. The summed E-state index contributed by atoms with van der Waals surface area (Å²) in [6.07, 6.45) is 3.06. The first-order valence-electron chi connectivity index (χ1n) is 8.32. The predicted molar refractivity (Wildman–Crippen MR) is 94.7 cm³/mol. The molecule has 3 heterocycles. The molecule has 1 aliphatic rings. The van der Waals surface area contributed by atoms with E-state index in [9.17, 15) is 0 Å². The molecule has 2 aromatic rings. The Morgan fingerprint density at radius 2 is 2.26 bits per heavy atom. The van der Waals surface area contributed by atoms with Crippen LogP contribution >= 0.6 is 11.3 Å². The fraction of sp³-hybridized carbons (Fsp3) is 0.588. The molecule has 23 heavy (non-hydrogen) atoms. The van der Waals surface area contributed by atoms with Gasteiger partial charge in [-0.25, -0.2) is 0 Å². The second-order valence-electron chi connectivity index (χ2n) is 6.30. The van der Waals surface area contributed by atoms with E-state index in [0.717, 1.165) is 51.5 Å². The summed E-state index contributed by atoms with van der Waals surface area (Å²) in [7, 11) is 0. The summed E-state index contributed by atoms with van der Waals surface area (Å²) in [5.41, 5.74) is 2.54. The van der Waals surface area contributed by atoms with Crippen LogP contribution < -0.4 is 5.32 Å². The maximum Gasteiger partial charge on any atom is 0.0794 e. The van der Waals surface area contributed by atoms with Gasteiger partial charge < -0.3 is 10.1 Å². The lowest BCUT2D eigenvalue weighted by molar-refractivity contribution is -0.0175. The van der Waals surface area contributed by atoms with Crippen LogP contribution in [0.15, 0.2) is 23.7 Å². The number of morpholine rings is 1. The highest BCUT2D eigenvalue weighted by atomic mass is 32.1. The zero-order chi connectivity index (χ0) is 16.1. The first kappa shape index (κ1) is 16.6. The first-order valence-corrected chi connectivity index (χ1v) is 9.20. The Labute approximate surface area is 142 Å². The first-order chi connectivity index (χ1) is 11.2. The molecule has 0 radical (unpaired) electrons. The summed E-state index contributed by atoms with van der Waals surface area (Å²) in [6, 6.07) is 4.20. The Kier molecular flexibility index (Phi) is 5.48. The van der Waals surface area contributed by atoms with E-state index >= 15 is 0 Å². The molecule has 2 N–H and O–H groups in total. The van der Waals surface area contributed by atoms with Crippen molar-refractivity contribution in [1.82, 2.24) is 20.4 Å². The van der Waals surface area contributed by atoms with Crippen molar-refractivity contribution in [2.45, 2.75) is 32.4 Å². The Morgan fingerprint density at radius 3 is 2.96 bits per heavy atom. The van der Waals surface area contributed by atoms with Gasteiger partial charge in [0.05, 0.1) is 30.0 Å². The smallest absolute Gasteiger partial charge is 0.0794 e. The highest BCUT2D eigenvalue weighted by molar-refractivity contribution is 7.13. The van der Waals surface area contributed by atoms with Gasteiger partial charge >= 0.3 is 0 Å². The van der Waals surface area contributed by atoms with Crippen LogP contribution in [-0.4, -0.2) is 53.5 Å². The van der Waals surface area contributed by atoms with Gasteiger partial charge in [-0.05, 0) is 24.8 Å². The molecule has 0 aliphatic carbocycles.